The number of aromatic nitrogens is 2. The Kier molecular flexibility index (Phi) is 6.21. The first-order valence-corrected chi connectivity index (χ1v) is 7.99. The number of aryl methyl sites for hydroxylation is 1. The van der Waals surface area contributed by atoms with Gasteiger partial charge in [0, 0.05) is 24.3 Å². The molecule has 0 bridgehead atoms. The summed E-state index contributed by atoms with van der Waals surface area (Å²) < 4.78 is 0. The Hall–Kier alpha value is -3.23. The van der Waals surface area contributed by atoms with Crippen molar-refractivity contribution in [3.8, 4) is 11.3 Å². The number of carbonyl (C=O) groups is 1. The van der Waals surface area contributed by atoms with Crippen molar-refractivity contribution < 1.29 is 14.4 Å². The van der Waals surface area contributed by atoms with Crippen LogP contribution in [0.4, 0.5) is 5.69 Å². The third-order valence-corrected chi connectivity index (χ3v) is 4.08. The summed E-state index contributed by atoms with van der Waals surface area (Å²) >= 11 is 0. The van der Waals surface area contributed by atoms with Crippen LogP contribution in [-0.2, 0) is 16.0 Å². The zero-order valence-corrected chi connectivity index (χ0v) is 13.9. The fourth-order valence-electron chi connectivity index (χ4n) is 2.81. The van der Waals surface area contributed by atoms with Gasteiger partial charge in [-0.25, -0.2) is 4.85 Å². The number of nitrogens with zero attached hydrogens (tertiary/aromatic N) is 3. The van der Waals surface area contributed by atoms with Crippen molar-refractivity contribution in [2.75, 3.05) is 13.1 Å². The molecule has 1 N–H and O–H groups in total. The van der Waals surface area contributed by atoms with Crippen LogP contribution in [0.25, 0.3) is 16.1 Å². The van der Waals surface area contributed by atoms with E-state index >= 15 is 0 Å². The van der Waals surface area contributed by atoms with Gasteiger partial charge in [0.1, 0.15) is 0 Å². The molecule has 7 heteroatoms. The van der Waals surface area contributed by atoms with Gasteiger partial charge < -0.3 is 4.90 Å². The summed E-state index contributed by atoms with van der Waals surface area (Å²) in [7, 11) is 0. The minimum atomic E-state index is 0.0886. The van der Waals surface area contributed by atoms with E-state index in [9.17, 15) is 4.79 Å². The molecule has 2 aromatic rings. The van der Waals surface area contributed by atoms with Crippen LogP contribution in [0.15, 0.2) is 24.3 Å². The van der Waals surface area contributed by atoms with Crippen LogP contribution in [0.2, 0.25) is 0 Å². The Morgan fingerprint density at radius 3 is 2.40 bits per heavy atom. The maximum atomic E-state index is 12.3. The number of amides is 1. The molecular formula is C18H18N4O3. The van der Waals surface area contributed by atoms with Crippen LogP contribution >= 0.6 is 0 Å². The molecule has 3 rings (SSSR count). The molecule has 1 aliphatic rings. The van der Waals surface area contributed by atoms with Crippen molar-refractivity contribution in [2.45, 2.75) is 26.2 Å². The second kappa shape index (κ2) is 8.57. The summed E-state index contributed by atoms with van der Waals surface area (Å²) in [5.41, 5.74) is 3.64. The van der Waals surface area contributed by atoms with Gasteiger partial charge >= 0.3 is 6.15 Å². The minimum absolute atomic E-state index is 0.0886. The lowest BCUT2D eigenvalue weighted by Gasteiger charge is -2.15. The lowest BCUT2D eigenvalue weighted by Crippen LogP contribution is -2.27. The number of nitrogens with one attached hydrogen (secondary N) is 1. The van der Waals surface area contributed by atoms with Crippen LogP contribution in [-0.4, -0.2) is 40.2 Å². The molecule has 0 atom stereocenters. The van der Waals surface area contributed by atoms with Gasteiger partial charge in [-0.2, -0.15) is 14.7 Å². The molecule has 0 spiro atoms. The molecule has 1 amide bonds. The van der Waals surface area contributed by atoms with Crippen LogP contribution in [0.3, 0.4) is 0 Å². The average Bonchev–Trinajstić information content (AvgIpc) is 3.31. The van der Waals surface area contributed by atoms with Crippen LogP contribution in [0, 0.1) is 6.57 Å². The standard InChI is InChI=1S/C17H18N4O.CO2/c1-3-14-16(18-2)15(20-19-14)12-6-8-13(9-7-12)17(22)21-10-4-5-11-21;2-1-3/h6-9H,3-5,10-11H2,1H3,(H,19,20);. The van der Waals surface area contributed by atoms with E-state index in [0.717, 1.165) is 43.6 Å². The zero-order chi connectivity index (χ0) is 18.2. The molecule has 7 nitrogen and oxygen atoms in total. The zero-order valence-electron chi connectivity index (χ0n) is 13.9. The van der Waals surface area contributed by atoms with Crippen molar-refractivity contribution in [2.24, 2.45) is 0 Å². The smallest absolute Gasteiger partial charge is 0.339 e. The molecule has 2 heterocycles. The van der Waals surface area contributed by atoms with Crippen molar-refractivity contribution in [1.82, 2.24) is 15.1 Å². The largest absolute Gasteiger partial charge is 0.373 e. The molecule has 0 radical (unpaired) electrons. The van der Waals surface area contributed by atoms with Gasteiger partial charge in [-0.15, -0.1) is 0 Å². The SMILES string of the molecule is O=C=O.[C-]#[N+]c1c(-c2ccc(C(=O)N3CCCC3)cc2)n[nH]c1CC. The Morgan fingerprint density at radius 2 is 1.88 bits per heavy atom. The van der Waals surface area contributed by atoms with Gasteiger partial charge in [-0.1, -0.05) is 19.1 Å². The first-order chi connectivity index (χ1) is 12.2. The molecule has 1 aromatic carbocycles. The maximum Gasteiger partial charge on any atom is 0.373 e. The minimum Gasteiger partial charge on any atom is -0.339 e. The van der Waals surface area contributed by atoms with Crippen molar-refractivity contribution >= 4 is 17.7 Å². The Bertz CT molecular complexity index is 806. The number of benzene rings is 1. The molecule has 128 valence electrons. The molecule has 1 aliphatic heterocycles. The second-order valence-corrected chi connectivity index (χ2v) is 5.52. The summed E-state index contributed by atoms with van der Waals surface area (Å²) in [6, 6.07) is 7.38. The van der Waals surface area contributed by atoms with Gasteiger partial charge in [-0.3, -0.25) is 9.89 Å². The number of aromatic amines is 1. The number of hydrogen-bond donors (Lipinski definition) is 1. The van der Waals surface area contributed by atoms with Crippen LogP contribution < -0.4 is 0 Å². The number of H-pyrrole nitrogens is 1. The van der Waals surface area contributed by atoms with Crippen molar-refractivity contribution in [1.29, 1.82) is 0 Å². The highest BCUT2D eigenvalue weighted by Gasteiger charge is 2.20. The van der Waals surface area contributed by atoms with Gasteiger partial charge in [-0.05, 0) is 37.0 Å². The third-order valence-electron chi connectivity index (χ3n) is 4.08. The van der Waals surface area contributed by atoms with Crippen LogP contribution in [0.5, 0.6) is 0 Å². The highest BCUT2D eigenvalue weighted by atomic mass is 16.2. The Morgan fingerprint density at radius 1 is 1.28 bits per heavy atom. The fraction of sp³-hybridized carbons (Fsp3) is 0.333. The second-order valence-electron chi connectivity index (χ2n) is 5.52. The lowest BCUT2D eigenvalue weighted by atomic mass is 10.1. The molecule has 1 saturated heterocycles. The van der Waals surface area contributed by atoms with Gasteiger partial charge in [0.2, 0.25) is 5.69 Å². The summed E-state index contributed by atoms with van der Waals surface area (Å²) in [5, 5.41) is 7.16. The summed E-state index contributed by atoms with van der Waals surface area (Å²) in [5.74, 6) is 0.0886. The molecule has 1 fully saturated rings. The third kappa shape index (κ3) is 4.00. The molecule has 0 aliphatic carbocycles. The van der Waals surface area contributed by atoms with Gasteiger partial charge in [0.15, 0.2) is 0 Å². The molecule has 0 unspecified atom stereocenters. The number of carbonyl (C=O) groups excluding carboxylic acids is 3. The van der Waals surface area contributed by atoms with Crippen molar-refractivity contribution in [3.05, 3.63) is 46.9 Å². The summed E-state index contributed by atoms with van der Waals surface area (Å²) in [4.78, 5) is 34.0. The first kappa shape index (κ1) is 18.1. The van der Waals surface area contributed by atoms with E-state index in [0.29, 0.717) is 16.9 Å². The normalized spacial score (nSPS) is 12.7. The van der Waals surface area contributed by atoms with E-state index in [1.807, 2.05) is 36.1 Å². The molecular weight excluding hydrogens is 320 g/mol. The Balaban J connectivity index is 0.000000701. The fourth-order valence-corrected chi connectivity index (χ4v) is 2.81. The highest BCUT2D eigenvalue weighted by molar-refractivity contribution is 5.95. The van der Waals surface area contributed by atoms with E-state index < -0.39 is 0 Å². The molecule has 25 heavy (non-hydrogen) atoms. The maximum absolute atomic E-state index is 12.3. The van der Waals surface area contributed by atoms with Gasteiger partial charge in [0.05, 0.1) is 12.3 Å². The lowest BCUT2D eigenvalue weighted by molar-refractivity contribution is -0.191. The summed E-state index contributed by atoms with van der Waals surface area (Å²) in [6.07, 6.45) is 3.17. The number of likely N-dealkylation sites (tertiary alicyclic amines) is 1. The predicted octanol–water partition coefficient (Wildman–Crippen LogP) is 2.84. The quantitative estimate of drug-likeness (QED) is 0.872. The van der Waals surface area contributed by atoms with E-state index in [1.54, 1.807) is 0 Å². The van der Waals surface area contributed by atoms with Crippen LogP contribution in [0.1, 0.15) is 35.8 Å². The average molecular weight is 338 g/mol. The van der Waals surface area contributed by atoms with Gasteiger partial charge in [0.25, 0.3) is 5.91 Å². The van der Waals surface area contributed by atoms with E-state index in [2.05, 4.69) is 15.0 Å². The van der Waals surface area contributed by atoms with E-state index in [1.165, 1.54) is 0 Å². The Labute approximate surface area is 145 Å². The topological polar surface area (TPSA) is 87.5 Å². The predicted molar refractivity (Wildman–Crippen MR) is 89.8 cm³/mol. The highest BCUT2D eigenvalue weighted by Crippen LogP contribution is 2.31. The molecule has 1 aromatic heterocycles. The number of hydrogen-bond acceptors (Lipinski definition) is 4. The van der Waals surface area contributed by atoms with Crippen molar-refractivity contribution in [3.63, 3.8) is 0 Å². The van der Waals surface area contributed by atoms with E-state index in [4.69, 9.17) is 16.2 Å². The molecule has 0 saturated carbocycles. The van der Waals surface area contributed by atoms with E-state index in [-0.39, 0.29) is 12.1 Å². The first-order valence-electron chi connectivity index (χ1n) is 7.99. The summed E-state index contributed by atoms with van der Waals surface area (Å²) in [6.45, 7) is 11.0. The monoisotopic (exact) mass is 338 g/mol. The number of rotatable bonds is 3.